The molecule has 10 aromatic heterocycles. The maximum Gasteiger partial charge on any atom is 0.355 e. The minimum Gasteiger partial charge on any atom is -0.477 e. The number of H-pyrrole nitrogens is 2. The molecular weight excluding hydrogens is 1510 g/mol. The van der Waals surface area contributed by atoms with E-state index < -0.39 is 93.3 Å². The third-order valence-electron chi connectivity index (χ3n) is 18.6. The first kappa shape index (κ1) is 66.7. The summed E-state index contributed by atoms with van der Waals surface area (Å²) in [5, 5.41) is 29.5. The van der Waals surface area contributed by atoms with Crippen molar-refractivity contribution in [2.75, 3.05) is 38.7 Å². The van der Waals surface area contributed by atoms with Gasteiger partial charge in [-0.3, -0.25) is 19.5 Å². The monoisotopic (exact) mass is 1570 g/mol. The van der Waals surface area contributed by atoms with Crippen molar-refractivity contribution < 1.29 is 76.6 Å². The molecule has 10 heterocycles. The summed E-state index contributed by atoms with van der Waals surface area (Å²) in [5.74, 6) is -6.70. The van der Waals surface area contributed by atoms with Crippen LogP contribution in [0.4, 0.5) is 29.2 Å². The Morgan fingerprint density at radius 1 is 0.664 bits per heavy atom. The van der Waals surface area contributed by atoms with Gasteiger partial charge < -0.3 is 63.3 Å². The van der Waals surface area contributed by atoms with Crippen LogP contribution in [0.15, 0.2) is 171 Å². The molecule has 23 nitrogen and oxygen atoms in total. The summed E-state index contributed by atoms with van der Waals surface area (Å²) in [6, 6.07) is 17.3. The number of nitrogens with two attached hydrogens (primary N) is 2. The number of nitrogens with zero attached hydrogens (tertiary/aromatic N) is 7. The first-order valence-corrected chi connectivity index (χ1v) is 35.1. The van der Waals surface area contributed by atoms with E-state index in [9.17, 15) is 39.0 Å². The number of hydrogen-bond donors (Lipinski definition) is 6. The summed E-state index contributed by atoms with van der Waals surface area (Å²) in [5.41, 5.74) is 11.6. The SMILES string of the molecule is C.CN(C)CCOC(=O)c1c(C2=CC=CCC2=O)c2c3occc3c(F)cc2n1Cc1cc2c(N)nsc2cc1Cl.Nc1nsc2cc(Cl)c(Cn3c(C(=O)O)c(C4=CC=CCC4=O)c4c5occc5c(F)cc43)cc12.[2H]c1oc2c(c(F)cc3c2c(-c2ccc[nH]c2=O)c(C(=O)O)n3C([2H])([2H])c2cc3c([2H])n[nH]c3cc2F)c1[2H]. The molecule has 16 aromatic rings. The Morgan fingerprint density at radius 2 is 1.18 bits per heavy atom. The van der Waals surface area contributed by atoms with E-state index in [1.54, 1.807) is 59.2 Å². The molecule has 2 aliphatic carbocycles. The molecule has 0 fully saturated rings. The Morgan fingerprint density at radius 3 is 1.73 bits per heavy atom. The number of benzene rings is 6. The zero-order valence-corrected chi connectivity index (χ0v) is 59.4. The molecule has 8 N–H and O–H groups in total. The van der Waals surface area contributed by atoms with E-state index in [2.05, 4.69) is 23.9 Å². The molecule has 31 heteroatoms. The third kappa shape index (κ3) is 12.5. The smallest absolute Gasteiger partial charge is 0.355 e. The van der Waals surface area contributed by atoms with Crippen molar-refractivity contribution in [3.8, 4) is 11.1 Å². The van der Waals surface area contributed by atoms with Gasteiger partial charge in [0.15, 0.2) is 11.6 Å². The maximum absolute atomic E-state index is 15.4. The number of halogens is 6. The lowest BCUT2D eigenvalue weighted by Gasteiger charge is -2.15. The number of hydrogen-bond acceptors (Lipinski definition) is 18. The zero-order chi connectivity index (χ0) is 80.5. The number of furan rings is 3. The zero-order valence-electron chi connectivity index (χ0n) is 61.3. The van der Waals surface area contributed by atoms with Crippen LogP contribution in [0.5, 0.6) is 0 Å². The second kappa shape index (κ2) is 28.8. The molecule has 6 aromatic carbocycles. The highest BCUT2D eigenvalue weighted by molar-refractivity contribution is 7.14. The van der Waals surface area contributed by atoms with Crippen LogP contribution in [0.1, 0.15) is 86.4 Å². The summed E-state index contributed by atoms with van der Waals surface area (Å²) in [6.45, 7) is -2.37. The Labute approximate surface area is 641 Å². The van der Waals surface area contributed by atoms with Crippen LogP contribution in [-0.4, -0.2) is 109 Å². The summed E-state index contributed by atoms with van der Waals surface area (Å²) in [7, 11) is 3.74. The van der Waals surface area contributed by atoms with Gasteiger partial charge in [0.1, 0.15) is 76.7 Å². The number of rotatable bonds is 15. The number of fused-ring (bicyclic) bond motifs is 12. The van der Waals surface area contributed by atoms with E-state index in [1.807, 2.05) is 25.1 Å². The summed E-state index contributed by atoms with van der Waals surface area (Å²) >= 11 is 15.7. The van der Waals surface area contributed by atoms with Gasteiger partial charge in [0, 0.05) is 98.3 Å². The molecular formula is C79H57Cl2F4N11O12S2. The molecule has 0 saturated carbocycles. The normalized spacial score (nSPS) is 13.8. The molecule has 0 aliphatic heterocycles. The fourth-order valence-corrected chi connectivity index (χ4v) is 15.7. The molecule has 110 heavy (non-hydrogen) atoms. The first-order chi connectivity index (χ1) is 54.5. The van der Waals surface area contributed by atoms with Gasteiger partial charge in [-0.15, -0.1) is 0 Å². The molecule has 0 amide bonds. The number of likely N-dealkylation sites (N-methyl/N-ethyl adjacent to an activating group) is 1. The average molecular weight is 1570 g/mol. The fraction of sp³-hybridized carbons (Fsp3) is 0.127. The first-order valence-electron chi connectivity index (χ1n) is 35.3. The topological polar surface area (TPSA) is 332 Å². The molecule has 0 radical (unpaired) electrons. The van der Waals surface area contributed by atoms with Crippen LogP contribution in [0, 0.1) is 23.3 Å². The van der Waals surface area contributed by atoms with Crippen molar-refractivity contribution in [2.24, 2.45) is 0 Å². The summed E-state index contributed by atoms with van der Waals surface area (Å²) in [4.78, 5) is 82.4. The number of allylic oxidation sites excluding steroid dienone is 8. The Bertz CT molecular complexity index is 7100. The maximum atomic E-state index is 15.4. The van der Waals surface area contributed by atoms with Crippen LogP contribution in [0.3, 0.4) is 0 Å². The van der Waals surface area contributed by atoms with Crippen molar-refractivity contribution in [1.82, 2.24) is 42.5 Å². The fourth-order valence-electron chi connectivity index (χ4n) is 13.7. The lowest BCUT2D eigenvalue weighted by atomic mass is 9.93. The van der Waals surface area contributed by atoms with Crippen LogP contribution in [0.2, 0.25) is 10.0 Å². The largest absolute Gasteiger partial charge is 0.477 e. The summed E-state index contributed by atoms with van der Waals surface area (Å²) < 4.78 is 139. The molecule has 554 valence electrons. The molecule has 0 bridgehead atoms. The van der Waals surface area contributed by atoms with Crippen molar-refractivity contribution in [2.45, 2.75) is 39.9 Å². The number of ether oxygens (including phenoxy) is 1. The van der Waals surface area contributed by atoms with Gasteiger partial charge in [0.25, 0.3) is 5.56 Å². The van der Waals surface area contributed by atoms with Crippen LogP contribution < -0.4 is 17.0 Å². The molecule has 0 spiro atoms. The Hall–Kier alpha value is -12.7. The van der Waals surface area contributed by atoms with E-state index in [0.29, 0.717) is 76.7 Å². The van der Waals surface area contributed by atoms with E-state index in [1.165, 1.54) is 82.8 Å². The number of nitrogens with one attached hydrogen (secondary N) is 2. The standard InChI is InChI=1S/C29H24ClFN4O4S.C25H15ClFN3O4S.C24H14F2N4O4.CH4/c1-34(2)8-10-39-29(37)26-24(17-5-3-4-6-22(17)36)25-21(13-20(31)16-7-9-38-27(16)25)35(26)14-15-11-18-23(12-19(15)30)40-33-28(18)32;26-15-8-19-14(24(28)29-35-19)7-11(15)10-30-17-9-16(27)12-5-6-34-23(12)21(17)20(22(30)25(32)33)13-3-1-2-4-18(13)31;25-15-7-17-11(9-28-29-17)6-12(15)10-30-18-8-16(26)13-3-5-34-22(13)20(18)19(21(30)24(32)33)14-2-1-4-27-23(14)31;/h3-5,7,9,11-13H,6,8,10,14H2,1-2H3,(H2,32,33);1-3,5-9H,4,10H2,(H2,28,29)(H,32,33);1-9H,10H2,(H,27,31)(H,28,29)(H,32,33);1H4/i;;3D,5D,9D,10D2;. The number of esters is 1. The number of ketones is 2. The van der Waals surface area contributed by atoms with E-state index in [-0.39, 0.29) is 135 Å². The Kier molecular flexibility index (Phi) is 17.5. The number of anilines is 2. The molecule has 2 aliphatic rings. The number of nitrogen functional groups attached to an aromatic ring is 2. The molecule has 18 rings (SSSR count). The quantitative estimate of drug-likeness (QED) is 0.0410. The lowest BCUT2D eigenvalue weighted by molar-refractivity contribution is -0.113. The van der Waals surface area contributed by atoms with Crippen molar-refractivity contribution >= 4 is 195 Å². The molecule has 0 atom stereocenters. The van der Waals surface area contributed by atoms with Crippen LogP contribution in [-0.2, 0) is 33.9 Å². The Balaban J connectivity index is 0.000000135. The number of Topliss-reactive ketones (excluding diaryl/α,β-unsaturated/α-hetero) is 2. The van der Waals surface area contributed by atoms with Crippen molar-refractivity contribution in [3.63, 3.8) is 0 Å². The van der Waals surface area contributed by atoms with Crippen LogP contribution >= 0.6 is 46.3 Å². The van der Waals surface area contributed by atoms with Gasteiger partial charge in [0.2, 0.25) is 0 Å². The van der Waals surface area contributed by atoms with E-state index in [0.717, 1.165) is 33.0 Å². The van der Waals surface area contributed by atoms with Gasteiger partial charge in [-0.05, 0) is 133 Å². The number of aromatic carboxylic acids is 2. The van der Waals surface area contributed by atoms with Gasteiger partial charge in [-0.2, -0.15) is 13.8 Å². The number of carboxylic acids is 2. The highest BCUT2D eigenvalue weighted by atomic mass is 35.5. The van der Waals surface area contributed by atoms with E-state index in [4.69, 9.17) is 59.5 Å². The highest BCUT2D eigenvalue weighted by Crippen LogP contribution is 2.46. The number of carbonyl (C=O) groups is 5. The minimum absolute atomic E-state index is 0. The second-order valence-electron chi connectivity index (χ2n) is 25.4. The van der Waals surface area contributed by atoms with E-state index >= 15 is 17.6 Å². The number of carboxylic acid groups (broad SMARTS) is 2. The molecule has 0 saturated heterocycles. The molecule has 0 unspecified atom stereocenters. The summed E-state index contributed by atoms with van der Waals surface area (Å²) in [6.07, 6.45) is 13.4. The van der Waals surface area contributed by atoms with Crippen LogP contribution in [0.25, 0.3) is 119 Å². The van der Waals surface area contributed by atoms with Gasteiger partial charge in [0.05, 0.1) is 106 Å². The van der Waals surface area contributed by atoms with Gasteiger partial charge in [-0.25, -0.2) is 31.9 Å². The number of aromatic amines is 2. The minimum atomic E-state index is -3.05. The van der Waals surface area contributed by atoms with Gasteiger partial charge >= 0.3 is 17.9 Å². The predicted octanol–water partition coefficient (Wildman–Crippen LogP) is 17.4. The van der Waals surface area contributed by atoms with Gasteiger partial charge in [-0.1, -0.05) is 67.1 Å². The second-order valence-corrected chi connectivity index (χ2v) is 27.8. The van der Waals surface area contributed by atoms with Crippen molar-refractivity contribution in [1.29, 1.82) is 0 Å². The highest BCUT2D eigenvalue weighted by Gasteiger charge is 2.36. The number of pyridine rings is 1. The average Bonchev–Trinajstić information content (AvgIpc) is 1.55. The predicted molar refractivity (Wildman–Crippen MR) is 415 cm³/mol. The lowest BCUT2D eigenvalue weighted by Crippen LogP contribution is -2.22. The van der Waals surface area contributed by atoms with Crippen molar-refractivity contribution in [3.05, 3.63) is 241 Å². The number of aromatic nitrogens is 8. The third-order valence-corrected chi connectivity index (χ3v) is 21.0. The number of carbonyl (C=O) groups excluding carboxylic acids is 3.